The van der Waals surface area contributed by atoms with E-state index in [0.717, 1.165) is 12.8 Å². The SMILES string of the molecule is O=C(CCCl)NC(=O)NC1Cc2ccccc2C1. The van der Waals surface area contributed by atoms with Crippen molar-refractivity contribution in [3.63, 3.8) is 0 Å². The molecule has 2 rings (SSSR count). The number of carbonyl (C=O) groups is 2. The monoisotopic (exact) mass is 266 g/mol. The number of fused-ring (bicyclic) bond motifs is 1. The number of amides is 3. The highest BCUT2D eigenvalue weighted by atomic mass is 35.5. The zero-order valence-electron chi connectivity index (χ0n) is 9.91. The van der Waals surface area contributed by atoms with Crippen molar-refractivity contribution < 1.29 is 9.59 Å². The number of benzene rings is 1. The molecule has 0 saturated carbocycles. The average molecular weight is 267 g/mol. The number of carbonyl (C=O) groups excluding carboxylic acids is 2. The highest BCUT2D eigenvalue weighted by molar-refractivity contribution is 6.19. The molecule has 1 aromatic carbocycles. The summed E-state index contributed by atoms with van der Waals surface area (Å²) in [6, 6.07) is 7.73. The Kier molecular flexibility index (Phi) is 4.20. The third kappa shape index (κ3) is 3.23. The molecule has 0 aromatic heterocycles. The maximum absolute atomic E-state index is 11.5. The molecule has 5 heteroatoms. The van der Waals surface area contributed by atoms with Crippen molar-refractivity contribution in [2.45, 2.75) is 25.3 Å². The van der Waals surface area contributed by atoms with Crippen LogP contribution in [0.1, 0.15) is 17.5 Å². The van der Waals surface area contributed by atoms with Gasteiger partial charge in [0.25, 0.3) is 0 Å². The van der Waals surface area contributed by atoms with Gasteiger partial charge >= 0.3 is 6.03 Å². The molecular weight excluding hydrogens is 252 g/mol. The van der Waals surface area contributed by atoms with Crippen molar-refractivity contribution in [3.8, 4) is 0 Å². The molecule has 0 aliphatic heterocycles. The Bertz CT molecular complexity index is 437. The molecule has 0 radical (unpaired) electrons. The second-order valence-electron chi connectivity index (χ2n) is 4.33. The molecule has 0 atom stereocenters. The van der Waals surface area contributed by atoms with Crippen molar-refractivity contribution in [2.24, 2.45) is 0 Å². The van der Waals surface area contributed by atoms with Crippen LogP contribution < -0.4 is 10.6 Å². The minimum Gasteiger partial charge on any atom is -0.334 e. The fourth-order valence-corrected chi connectivity index (χ4v) is 2.33. The lowest BCUT2D eigenvalue weighted by Gasteiger charge is -2.12. The first kappa shape index (κ1) is 12.9. The Morgan fingerprint density at radius 1 is 1.22 bits per heavy atom. The number of imide groups is 1. The van der Waals surface area contributed by atoms with E-state index in [-0.39, 0.29) is 24.2 Å². The molecule has 0 spiro atoms. The van der Waals surface area contributed by atoms with Gasteiger partial charge in [-0.2, -0.15) is 0 Å². The summed E-state index contributed by atoms with van der Waals surface area (Å²) in [7, 11) is 0. The van der Waals surface area contributed by atoms with Crippen LogP contribution in [0, 0.1) is 0 Å². The van der Waals surface area contributed by atoms with Gasteiger partial charge in [0.1, 0.15) is 0 Å². The first-order chi connectivity index (χ1) is 8.69. The van der Waals surface area contributed by atoms with Gasteiger partial charge in [-0.25, -0.2) is 4.79 Å². The van der Waals surface area contributed by atoms with Gasteiger partial charge in [0.15, 0.2) is 0 Å². The summed E-state index contributed by atoms with van der Waals surface area (Å²) < 4.78 is 0. The number of halogens is 1. The van der Waals surface area contributed by atoms with Crippen LogP contribution in [0.4, 0.5) is 4.79 Å². The second-order valence-corrected chi connectivity index (χ2v) is 4.71. The van der Waals surface area contributed by atoms with Crippen LogP contribution in [0.15, 0.2) is 24.3 Å². The van der Waals surface area contributed by atoms with Crippen LogP contribution in [0.5, 0.6) is 0 Å². The number of nitrogens with one attached hydrogen (secondary N) is 2. The predicted molar refractivity (Wildman–Crippen MR) is 69.6 cm³/mol. The van der Waals surface area contributed by atoms with Crippen LogP contribution in [0.25, 0.3) is 0 Å². The molecule has 18 heavy (non-hydrogen) atoms. The number of hydrogen-bond donors (Lipinski definition) is 2. The van der Waals surface area contributed by atoms with Gasteiger partial charge in [-0.05, 0) is 24.0 Å². The molecule has 0 fully saturated rings. The van der Waals surface area contributed by atoms with Gasteiger partial charge in [0, 0.05) is 18.3 Å². The van der Waals surface area contributed by atoms with Gasteiger partial charge < -0.3 is 5.32 Å². The van der Waals surface area contributed by atoms with E-state index >= 15 is 0 Å². The fraction of sp³-hybridized carbons (Fsp3) is 0.385. The van der Waals surface area contributed by atoms with Gasteiger partial charge in [-0.3, -0.25) is 10.1 Å². The third-order valence-corrected chi connectivity index (χ3v) is 3.15. The van der Waals surface area contributed by atoms with Crippen LogP contribution in [-0.2, 0) is 17.6 Å². The third-order valence-electron chi connectivity index (χ3n) is 2.96. The number of alkyl halides is 1. The average Bonchev–Trinajstić information content (AvgIpc) is 2.70. The molecule has 1 aromatic rings. The molecule has 0 heterocycles. The Morgan fingerprint density at radius 2 is 1.83 bits per heavy atom. The first-order valence-corrected chi connectivity index (χ1v) is 6.45. The molecule has 0 saturated heterocycles. The van der Waals surface area contributed by atoms with Crippen LogP contribution in [0.2, 0.25) is 0 Å². The van der Waals surface area contributed by atoms with E-state index in [4.69, 9.17) is 11.6 Å². The topological polar surface area (TPSA) is 58.2 Å². The maximum Gasteiger partial charge on any atom is 0.321 e. The highest BCUT2D eigenvalue weighted by Crippen LogP contribution is 2.21. The van der Waals surface area contributed by atoms with Crippen molar-refractivity contribution in [1.82, 2.24) is 10.6 Å². The van der Waals surface area contributed by atoms with E-state index < -0.39 is 6.03 Å². The Balaban J connectivity index is 1.82. The minimum atomic E-state index is -0.442. The van der Waals surface area contributed by atoms with Gasteiger partial charge in [-0.15, -0.1) is 11.6 Å². The Labute approximate surface area is 111 Å². The minimum absolute atomic E-state index is 0.0613. The van der Waals surface area contributed by atoms with E-state index in [9.17, 15) is 9.59 Å². The summed E-state index contributed by atoms with van der Waals surface area (Å²) >= 11 is 5.42. The van der Waals surface area contributed by atoms with Crippen molar-refractivity contribution in [1.29, 1.82) is 0 Å². The molecule has 1 aliphatic carbocycles. The van der Waals surface area contributed by atoms with E-state index in [1.54, 1.807) is 0 Å². The quantitative estimate of drug-likeness (QED) is 0.817. The van der Waals surface area contributed by atoms with E-state index in [2.05, 4.69) is 22.8 Å². The zero-order chi connectivity index (χ0) is 13.0. The molecular formula is C13H15ClN2O2. The highest BCUT2D eigenvalue weighted by Gasteiger charge is 2.22. The van der Waals surface area contributed by atoms with Crippen molar-refractivity contribution in [2.75, 3.05) is 5.88 Å². The lowest BCUT2D eigenvalue weighted by molar-refractivity contribution is -0.119. The predicted octanol–water partition coefficient (Wildman–Crippen LogP) is 1.61. The summed E-state index contributed by atoms with van der Waals surface area (Å²) in [5.41, 5.74) is 2.52. The molecule has 4 nitrogen and oxygen atoms in total. The number of hydrogen-bond acceptors (Lipinski definition) is 2. The Morgan fingerprint density at radius 3 is 2.39 bits per heavy atom. The summed E-state index contributed by atoms with van der Waals surface area (Å²) in [6.45, 7) is 0. The summed E-state index contributed by atoms with van der Waals surface area (Å²) in [5, 5.41) is 5.06. The summed E-state index contributed by atoms with van der Waals surface area (Å²) in [4.78, 5) is 22.7. The first-order valence-electron chi connectivity index (χ1n) is 5.92. The largest absolute Gasteiger partial charge is 0.334 e. The van der Waals surface area contributed by atoms with Crippen LogP contribution in [0.3, 0.4) is 0 Å². The lowest BCUT2D eigenvalue weighted by atomic mass is 10.1. The second kappa shape index (κ2) is 5.87. The molecule has 0 bridgehead atoms. The van der Waals surface area contributed by atoms with E-state index in [0.29, 0.717) is 0 Å². The summed E-state index contributed by atoms with van der Waals surface area (Å²) in [5.74, 6) is -0.133. The van der Waals surface area contributed by atoms with E-state index in [1.807, 2.05) is 12.1 Å². The van der Waals surface area contributed by atoms with Crippen molar-refractivity contribution in [3.05, 3.63) is 35.4 Å². The van der Waals surface area contributed by atoms with Crippen molar-refractivity contribution >= 4 is 23.5 Å². The van der Waals surface area contributed by atoms with Gasteiger partial charge in [0.05, 0.1) is 0 Å². The lowest BCUT2D eigenvalue weighted by Crippen LogP contribution is -2.44. The van der Waals surface area contributed by atoms with Crippen LogP contribution >= 0.6 is 11.6 Å². The smallest absolute Gasteiger partial charge is 0.321 e. The number of rotatable bonds is 3. The molecule has 96 valence electrons. The molecule has 1 aliphatic rings. The van der Waals surface area contributed by atoms with E-state index in [1.165, 1.54) is 11.1 Å². The Hall–Kier alpha value is -1.55. The zero-order valence-corrected chi connectivity index (χ0v) is 10.7. The molecule has 2 N–H and O–H groups in total. The standard InChI is InChI=1S/C13H15ClN2O2/c14-6-5-12(17)16-13(18)15-11-7-9-3-1-2-4-10(9)8-11/h1-4,11H,5-8H2,(H2,15,16,17,18). The number of urea groups is 1. The van der Waals surface area contributed by atoms with Gasteiger partial charge in [-0.1, -0.05) is 24.3 Å². The maximum atomic E-state index is 11.5. The molecule has 0 unspecified atom stereocenters. The normalized spacial score (nSPS) is 14.1. The fourth-order valence-electron chi connectivity index (χ4n) is 2.16. The molecule has 3 amide bonds. The van der Waals surface area contributed by atoms with Gasteiger partial charge in [0.2, 0.25) is 5.91 Å². The van der Waals surface area contributed by atoms with Crippen LogP contribution in [-0.4, -0.2) is 23.9 Å². The summed E-state index contributed by atoms with van der Waals surface area (Å²) in [6.07, 6.45) is 1.78.